The molecular formula is C37H36ClN5O4. The Kier molecular flexibility index (Phi) is 9.65. The molecule has 0 aliphatic carbocycles. The number of nitrogens with zero attached hydrogens (tertiary/aromatic N) is 5. The van der Waals surface area contributed by atoms with E-state index in [2.05, 4.69) is 11.6 Å². The number of halogens is 1. The van der Waals surface area contributed by atoms with Gasteiger partial charge in [0.25, 0.3) is 0 Å². The average molecular weight is 650 g/mol. The monoisotopic (exact) mass is 649 g/mol. The van der Waals surface area contributed by atoms with Crippen molar-refractivity contribution in [2.45, 2.75) is 38.0 Å². The minimum atomic E-state index is -0.843. The lowest BCUT2D eigenvalue weighted by Gasteiger charge is -2.55. The molecule has 3 heterocycles. The van der Waals surface area contributed by atoms with Crippen molar-refractivity contribution in [3.63, 3.8) is 0 Å². The van der Waals surface area contributed by atoms with Crippen LogP contribution in [0.4, 0.5) is 0 Å². The molecule has 0 saturated carbocycles. The molecule has 2 aliphatic heterocycles. The SMILES string of the molecule is C=CCN1CC(=O)N2[C@@H](Cc3ccc(O)cc3)C(=O)N(Cc3cccc(-c4ccc(Cl)nc4)c3)C[C@@H]2N1C(=O)CCc1ccccc1. The van der Waals surface area contributed by atoms with Gasteiger partial charge in [0.1, 0.15) is 23.1 Å². The molecule has 0 bridgehead atoms. The Morgan fingerprint density at radius 2 is 1.70 bits per heavy atom. The molecule has 10 heteroatoms. The van der Waals surface area contributed by atoms with Crippen molar-refractivity contribution >= 4 is 29.3 Å². The van der Waals surface area contributed by atoms with Gasteiger partial charge in [-0.3, -0.25) is 14.4 Å². The lowest BCUT2D eigenvalue weighted by molar-refractivity contribution is -0.205. The number of piperazine rings is 1. The molecule has 3 aromatic carbocycles. The number of carbonyl (C=O) groups excluding carboxylic acids is 3. The summed E-state index contributed by atoms with van der Waals surface area (Å²) in [6, 6.07) is 27.1. The molecule has 1 aromatic heterocycles. The molecule has 2 saturated heterocycles. The van der Waals surface area contributed by atoms with Crippen LogP contribution in [0.25, 0.3) is 11.1 Å². The second kappa shape index (κ2) is 14.2. The van der Waals surface area contributed by atoms with Gasteiger partial charge < -0.3 is 14.9 Å². The van der Waals surface area contributed by atoms with Crippen LogP contribution in [-0.4, -0.2) is 79.5 Å². The molecule has 0 radical (unpaired) electrons. The third-order valence-corrected chi connectivity index (χ3v) is 8.85. The molecule has 2 aliphatic rings. The van der Waals surface area contributed by atoms with E-state index in [0.29, 0.717) is 18.1 Å². The molecule has 4 aromatic rings. The first-order valence-electron chi connectivity index (χ1n) is 15.6. The predicted molar refractivity (Wildman–Crippen MR) is 180 cm³/mol. The Balaban J connectivity index is 1.34. The van der Waals surface area contributed by atoms with E-state index in [9.17, 15) is 19.5 Å². The largest absolute Gasteiger partial charge is 0.508 e. The highest BCUT2D eigenvalue weighted by Gasteiger charge is 2.51. The maximum Gasteiger partial charge on any atom is 0.246 e. The summed E-state index contributed by atoms with van der Waals surface area (Å²) in [6.45, 7) is 4.56. The molecule has 47 heavy (non-hydrogen) atoms. The van der Waals surface area contributed by atoms with Crippen LogP contribution in [0.15, 0.2) is 110 Å². The Bertz CT molecular complexity index is 1750. The van der Waals surface area contributed by atoms with Gasteiger partial charge in [0, 0.05) is 37.7 Å². The van der Waals surface area contributed by atoms with Crippen molar-refractivity contribution in [2.75, 3.05) is 19.6 Å². The highest BCUT2D eigenvalue weighted by Crippen LogP contribution is 2.31. The quantitative estimate of drug-likeness (QED) is 0.190. The zero-order chi connectivity index (χ0) is 32.9. The van der Waals surface area contributed by atoms with Gasteiger partial charge >= 0.3 is 0 Å². The van der Waals surface area contributed by atoms with Crippen molar-refractivity contribution in [1.29, 1.82) is 0 Å². The number of carbonyl (C=O) groups is 3. The number of phenols is 1. The predicted octanol–water partition coefficient (Wildman–Crippen LogP) is 5.09. The Hall–Kier alpha value is -4.99. The Labute approximate surface area is 279 Å². The van der Waals surface area contributed by atoms with Crippen LogP contribution in [0.1, 0.15) is 23.1 Å². The van der Waals surface area contributed by atoms with E-state index in [-0.39, 0.29) is 55.9 Å². The summed E-state index contributed by atoms with van der Waals surface area (Å²) < 4.78 is 0. The summed E-state index contributed by atoms with van der Waals surface area (Å²) in [5.74, 6) is -0.440. The Morgan fingerprint density at radius 3 is 2.43 bits per heavy atom. The molecule has 240 valence electrons. The fourth-order valence-electron chi connectivity index (χ4n) is 6.39. The molecule has 2 fully saturated rings. The normalized spacial score (nSPS) is 18.3. The summed E-state index contributed by atoms with van der Waals surface area (Å²) >= 11 is 6.00. The fraction of sp³-hybridized carbons (Fsp3) is 0.243. The minimum Gasteiger partial charge on any atom is -0.508 e. The van der Waals surface area contributed by atoms with Crippen molar-refractivity contribution < 1.29 is 19.5 Å². The number of aromatic hydroxyl groups is 1. The highest BCUT2D eigenvalue weighted by atomic mass is 35.5. The molecule has 3 amide bonds. The zero-order valence-electron chi connectivity index (χ0n) is 25.9. The van der Waals surface area contributed by atoms with Crippen molar-refractivity contribution in [3.8, 4) is 16.9 Å². The minimum absolute atomic E-state index is 0.0455. The van der Waals surface area contributed by atoms with Crippen LogP contribution >= 0.6 is 11.6 Å². The molecule has 2 atom stereocenters. The van der Waals surface area contributed by atoms with E-state index < -0.39 is 12.2 Å². The number of amides is 3. The molecule has 0 spiro atoms. The Morgan fingerprint density at radius 1 is 0.936 bits per heavy atom. The molecule has 6 rings (SSSR count). The zero-order valence-corrected chi connectivity index (χ0v) is 26.7. The van der Waals surface area contributed by atoms with Crippen LogP contribution in [0, 0.1) is 0 Å². The number of benzene rings is 3. The van der Waals surface area contributed by atoms with Crippen molar-refractivity contribution in [2.24, 2.45) is 0 Å². The summed E-state index contributed by atoms with van der Waals surface area (Å²) in [5, 5.41) is 13.7. The van der Waals surface area contributed by atoms with Gasteiger partial charge in [-0.1, -0.05) is 78.3 Å². The summed E-state index contributed by atoms with van der Waals surface area (Å²) in [6.07, 6.45) is 3.70. The van der Waals surface area contributed by atoms with E-state index in [1.807, 2.05) is 60.7 Å². The second-order valence-corrected chi connectivity index (χ2v) is 12.2. The van der Waals surface area contributed by atoms with Gasteiger partial charge in [-0.2, -0.15) is 0 Å². The van der Waals surface area contributed by atoms with Gasteiger partial charge in [-0.05, 0) is 59.0 Å². The van der Waals surface area contributed by atoms with E-state index in [0.717, 1.165) is 27.8 Å². The van der Waals surface area contributed by atoms with Crippen LogP contribution in [0.2, 0.25) is 5.15 Å². The number of phenolic OH excluding ortho intramolecular Hbond substituents is 1. The van der Waals surface area contributed by atoms with E-state index in [4.69, 9.17) is 11.6 Å². The lowest BCUT2D eigenvalue weighted by atomic mass is 9.97. The highest BCUT2D eigenvalue weighted by molar-refractivity contribution is 6.29. The number of hydrogen-bond donors (Lipinski definition) is 1. The molecule has 0 unspecified atom stereocenters. The summed E-state index contributed by atoms with van der Waals surface area (Å²) in [4.78, 5) is 49.8. The summed E-state index contributed by atoms with van der Waals surface area (Å²) in [7, 11) is 0. The number of aryl methyl sites for hydroxylation is 1. The smallest absolute Gasteiger partial charge is 0.246 e. The lowest BCUT2D eigenvalue weighted by Crippen LogP contribution is -2.75. The topological polar surface area (TPSA) is 97.3 Å². The first-order chi connectivity index (χ1) is 22.8. The van der Waals surface area contributed by atoms with Crippen molar-refractivity contribution in [1.82, 2.24) is 24.8 Å². The third-order valence-electron chi connectivity index (χ3n) is 8.62. The molecule has 1 N–H and O–H groups in total. The van der Waals surface area contributed by atoms with Crippen LogP contribution < -0.4 is 0 Å². The first kappa shape index (κ1) is 32.0. The molecular weight excluding hydrogens is 614 g/mol. The number of rotatable bonds is 10. The van der Waals surface area contributed by atoms with Gasteiger partial charge in [0.15, 0.2) is 0 Å². The third kappa shape index (κ3) is 7.21. The maximum absolute atomic E-state index is 14.3. The van der Waals surface area contributed by atoms with Crippen molar-refractivity contribution in [3.05, 3.63) is 132 Å². The average Bonchev–Trinajstić information content (AvgIpc) is 3.07. The first-order valence-corrected chi connectivity index (χ1v) is 16.0. The van der Waals surface area contributed by atoms with Crippen LogP contribution in [-0.2, 0) is 33.8 Å². The number of hydrogen-bond acceptors (Lipinski definition) is 6. The van der Waals surface area contributed by atoms with Gasteiger partial charge in [0.2, 0.25) is 17.7 Å². The molecule has 9 nitrogen and oxygen atoms in total. The number of pyridine rings is 1. The summed E-state index contributed by atoms with van der Waals surface area (Å²) in [5.41, 5.74) is 4.56. The van der Waals surface area contributed by atoms with Gasteiger partial charge in [0.05, 0.1) is 13.1 Å². The van der Waals surface area contributed by atoms with Gasteiger partial charge in [-0.25, -0.2) is 15.0 Å². The number of fused-ring (bicyclic) bond motifs is 1. The second-order valence-electron chi connectivity index (χ2n) is 11.8. The van der Waals surface area contributed by atoms with E-state index in [1.54, 1.807) is 62.4 Å². The number of aromatic nitrogens is 1. The number of hydrazine groups is 1. The van der Waals surface area contributed by atoms with Crippen LogP contribution in [0.5, 0.6) is 5.75 Å². The maximum atomic E-state index is 14.3. The van der Waals surface area contributed by atoms with Gasteiger partial charge in [-0.15, -0.1) is 6.58 Å². The standard InChI is InChI=1S/C37H36ClN5O4/c1-2-19-41-25-36(46)42-32(21-27-11-15-31(44)16-12-27)37(47)40(23-28-9-6-10-29(20-28)30-14-17-33(38)39-22-30)24-34(42)43(41)35(45)18-13-26-7-4-3-5-8-26/h2-12,14-17,20,22,32,34,44H,1,13,18-19,21,23-25H2/t32-,34-/m0/s1. The van der Waals surface area contributed by atoms with E-state index in [1.165, 1.54) is 0 Å². The van der Waals surface area contributed by atoms with Crippen LogP contribution in [0.3, 0.4) is 0 Å². The van der Waals surface area contributed by atoms with E-state index >= 15 is 0 Å². The fourth-order valence-corrected chi connectivity index (χ4v) is 6.50.